The smallest absolute Gasteiger partial charge is 0.271 e. The molecule has 8 nitrogen and oxygen atoms in total. The first-order chi connectivity index (χ1) is 15.9. The predicted octanol–water partition coefficient (Wildman–Crippen LogP) is 4.34. The Bertz CT molecular complexity index is 1350. The number of carbonyl (C=O) groups is 1. The number of amides is 1. The minimum Gasteiger partial charge on any atom is -0.497 e. The van der Waals surface area contributed by atoms with E-state index in [0.29, 0.717) is 28.5 Å². The van der Waals surface area contributed by atoms with Crippen molar-refractivity contribution in [3.05, 3.63) is 75.8 Å². The second kappa shape index (κ2) is 9.46. The molecular formula is C24H25ClN6O2. The Kier molecular flexibility index (Phi) is 6.46. The van der Waals surface area contributed by atoms with E-state index in [9.17, 15) is 4.79 Å². The number of hydrogen-bond donors (Lipinski definition) is 1. The van der Waals surface area contributed by atoms with E-state index >= 15 is 0 Å². The number of ether oxygens (including phenoxy) is 1. The standard InChI is InChI=1S/C24H25ClN6O2/c1-5-30-16(3)27-21-12-18(9-10-22(21)30)24(32)28-26-13-20-15(2)29-31(23(20)25)14-17-7-6-8-19(11-17)33-4/h6-13H,5,14H2,1-4H3,(H,28,32)/b26-13+. The molecule has 0 radical (unpaired) electrons. The van der Waals surface area contributed by atoms with Crippen LogP contribution in [0, 0.1) is 13.8 Å². The van der Waals surface area contributed by atoms with E-state index in [1.165, 1.54) is 6.21 Å². The highest BCUT2D eigenvalue weighted by Gasteiger charge is 2.14. The largest absolute Gasteiger partial charge is 0.497 e. The second-order valence-electron chi connectivity index (χ2n) is 7.60. The maximum atomic E-state index is 12.6. The molecule has 0 bridgehead atoms. The molecule has 0 aliphatic heterocycles. The molecule has 0 aliphatic rings. The molecule has 2 heterocycles. The van der Waals surface area contributed by atoms with Crippen LogP contribution in [-0.4, -0.2) is 38.6 Å². The molecule has 170 valence electrons. The minimum absolute atomic E-state index is 0.325. The van der Waals surface area contributed by atoms with Crippen molar-refractivity contribution in [2.75, 3.05) is 7.11 Å². The zero-order valence-corrected chi connectivity index (χ0v) is 19.7. The molecule has 0 spiro atoms. The molecule has 0 unspecified atom stereocenters. The zero-order valence-electron chi connectivity index (χ0n) is 19.0. The number of hydrazone groups is 1. The van der Waals surface area contributed by atoms with E-state index in [2.05, 4.69) is 32.1 Å². The highest BCUT2D eigenvalue weighted by molar-refractivity contribution is 6.32. The zero-order chi connectivity index (χ0) is 23.5. The summed E-state index contributed by atoms with van der Waals surface area (Å²) in [6, 6.07) is 13.2. The summed E-state index contributed by atoms with van der Waals surface area (Å²) in [6.07, 6.45) is 1.51. The molecule has 1 amide bonds. The third kappa shape index (κ3) is 4.61. The van der Waals surface area contributed by atoms with Gasteiger partial charge in [-0.05, 0) is 56.7 Å². The van der Waals surface area contributed by atoms with E-state index in [4.69, 9.17) is 16.3 Å². The molecule has 0 aliphatic carbocycles. The van der Waals surface area contributed by atoms with Crippen LogP contribution in [0.3, 0.4) is 0 Å². The number of aromatic nitrogens is 4. The SMILES string of the molecule is CCn1c(C)nc2cc(C(=O)N/N=C/c3c(C)nn(Cc4cccc(OC)c4)c3Cl)ccc21. The van der Waals surface area contributed by atoms with Gasteiger partial charge in [0.25, 0.3) is 5.91 Å². The molecule has 2 aromatic carbocycles. The number of imidazole rings is 1. The fraction of sp³-hybridized carbons (Fsp3) is 0.250. The topological polar surface area (TPSA) is 86.3 Å². The van der Waals surface area contributed by atoms with Gasteiger partial charge in [0, 0.05) is 12.1 Å². The van der Waals surface area contributed by atoms with Crippen molar-refractivity contribution in [1.29, 1.82) is 0 Å². The number of halogens is 1. The van der Waals surface area contributed by atoms with Gasteiger partial charge >= 0.3 is 0 Å². The van der Waals surface area contributed by atoms with Crippen molar-refractivity contribution >= 4 is 34.8 Å². The van der Waals surface area contributed by atoms with E-state index < -0.39 is 0 Å². The summed E-state index contributed by atoms with van der Waals surface area (Å²) in [5, 5.41) is 9.04. The number of aryl methyl sites for hydroxylation is 3. The average Bonchev–Trinajstić information content (AvgIpc) is 3.27. The summed E-state index contributed by atoms with van der Waals surface area (Å²) >= 11 is 6.54. The number of fused-ring (bicyclic) bond motifs is 1. The average molecular weight is 465 g/mol. The van der Waals surface area contributed by atoms with E-state index in [-0.39, 0.29) is 5.91 Å². The molecule has 33 heavy (non-hydrogen) atoms. The molecular weight excluding hydrogens is 440 g/mol. The number of methoxy groups -OCH3 is 1. The van der Waals surface area contributed by atoms with Gasteiger partial charge in [-0.2, -0.15) is 10.2 Å². The lowest BCUT2D eigenvalue weighted by Gasteiger charge is -2.06. The second-order valence-corrected chi connectivity index (χ2v) is 7.96. The van der Waals surface area contributed by atoms with Gasteiger partial charge in [-0.25, -0.2) is 15.1 Å². The van der Waals surface area contributed by atoms with Crippen LogP contribution in [0.15, 0.2) is 47.6 Å². The quantitative estimate of drug-likeness (QED) is 0.325. The van der Waals surface area contributed by atoms with Gasteiger partial charge in [-0.1, -0.05) is 23.7 Å². The van der Waals surface area contributed by atoms with Gasteiger partial charge in [0.05, 0.1) is 42.2 Å². The van der Waals surface area contributed by atoms with Gasteiger partial charge in [0.2, 0.25) is 0 Å². The number of carbonyl (C=O) groups excluding carboxylic acids is 1. The fourth-order valence-corrected chi connectivity index (χ4v) is 4.06. The highest BCUT2D eigenvalue weighted by atomic mass is 35.5. The Labute approximate surface area is 196 Å². The molecule has 0 saturated heterocycles. The predicted molar refractivity (Wildman–Crippen MR) is 129 cm³/mol. The maximum absolute atomic E-state index is 12.6. The number of benzene rings is 2. The lowest BCUT2D eigenvalue weighted by molar-refractivity contribution is 0.0955. The van der Waals surface area contributed by atoms with Crippen LogP contribution in [0.4, 0.5) is 0 Å². The molecule has 4 rings (SSSR count). The molecule has 0 saturated carbocycles. The monoisotopic (exact) mass is 464 g/mol. The van der Waals surface area contributed by atoms with Crippen LogP contribution >= 0.6 is 11.6 Å². The number of nitrogens with one attached hydrogen (secondary N) is 1. The Morgan fingerprint density at radius 3 is 2.82 bits per heavy atom. The Balaban J connectivity index is 1.48. The molecule has 4 aromatic rings. The van der Waals surface area contributed by atoms with Crippen LogP contribution in [0.25, 0.3) is 11.0 Å². The number of nitrogens with zero attached hydrogens (tertiary/aromatic N) is 5. The van der Waals surface area contributed by atoms with Crippen LogP contribution < -0.4 is 10.2 Å². The van der Waals surface area contributed by atoms with Crippen LogP contribution in [0.5, 0.6) is 5.75 Å². The molecule has 9 heteroatoms. The van der Waals surface area contributed by atoms with Crippen molar-refractivity contribution in [3.8, 4) is 5.75 Å². The summed E-state index contributed by atoms with van der Waals surface area (Å²) in [5.41, 5.74) is 7.19. The summed E-state index contributed by atoms with van der Waals surface area (Å²) in [7, 11) is 1.63. The van der Waals surface area contributed by atoms with E-state index in [0.717, 1.165) is 34.7 Å². The third-order valence-corrected chi connectivity index (χ3v) is 5.85. The van der Waals surface area contributed by atoms with E-state index in [1.807, 2.05) is 44.2 Å². The Hall–Kier alpha value is -3.65. The van der Waals surface area contributed by atoms with Gasteiger partial charge in [-0.15, -0.1) is 0 Å². The van der Waals surface area contributed by atoms with Crippen molar-refractivity contribution in [1.82, 2.24) is 24.8 Å². The molecule has 0 fully saturated rings. The maximum Gasteiger partial charge on any atom is 0.271 e. The highest BCUT2D eigenvalue weighted by Crippen LogP contribution is 2.21. The first-order valence-corrected chi connectivity index (χ1v) is 10.9. The van der Waals surface area contributed by atoms with E-state index in [1.54, 1.807) is 23.9 Å². The van der Waals surface area contributed by atoms with Gasteiger partial charge in [0.15, 0.2) is 0 Å². The fourth-order valence-electron chi connectivity index (χ4n) is 3.77. The normalized spacial score (nSPS) is 11.4. The Morgan fingerprint density at radius 1 is 1.24 bits per heavy atom. The summed E-state index contributed by atoms with van der Waals surface area (Å²) < 4.78 is 9.06. The van der Waals surface area contributed by atoms with Gasteiger partial charge in [-0.3, -0.25) is 4.79 Å². The summed E-state index contributed by atoms with van der Waals surface area (Å²) in [6.45, 7) is 7.17. The first kappa shape index (κ1) is 22.5. The van der Waals surface area contributed by atoms with Crippen LogP contribution in [-0.2, 0) is 13.1 Å². The molecule has 1 N–H and O–H groups in total. The molecule has 2 aromatic heterocycles. The summed E-state index contributed by atoms with van der Waals surface area (Å²) in [5.74, 6) is 1.36. The first-order valence-electron chi connectivity index (χ1n) is 10.6. The van der Waals surface area contributed by atoms with Gasteiger partial charge in [0.1, 0.15) is 16.7 Å². The number of rotatable bonds is 7. The van der Waals surface area contributed by atoms with Gasteiger partial charge < -0.3 is 9.30 Å². The molecule has 0 atom stereocenters. The third-order valence-electron chi connectivity index (χ3n) is 5.45. The number of hydrogen-bond acceptors (Lipinski definition) is 5. The lowest BCUT2D eigenvalue weighted by Crippen LogP contribution is -2.17. The van der Waals surface area contributed by atoms with Crippen molar-refractivity contribution in [2.24, 2.45) is 5.10 Å². The van der Waals surface area contributed by atoms with Crippen molar-refractivity contribution < 1.29 is 9.53 Å². The van der Waals surface area contributed by atoms with Crippen molar-refractivity contribution in [2.45, 2.75) is 33.9 Å². The minimum atomic E-state index is -0.325. The van der Waals surface area contributed by atoms with Crippen molar-refractivity contribution in [3.63, 3.8) is 0 Å². The lowest BCUT2D eigenvalue weighted by atomic mass is 10.2. The summed E-state index contributed by atoms with van der Waals surface area (Å²) in [4.78, 5) is 17.1. The Morgan fingerprint density at radius 2 is 2.06 bits per heavy atom. The van der Waals surface area contributed by atoms with Crippen LogP contribution in [0.2, 0.25) is 5.15 Å². The van der Waals surface area contributed by atoms with Crippen LogP contribution in [0.1, 0.15) is 39.9 Å².